The standard InChI is InChI=1S/C43H51N9O4.C2H6/c1-3-21-45-41(54)36-27-46-43(51-40(36)49-37-17-9-31-6-5-29(4-2)39(31)48-37)47-32-10-12-33(13-11-32)52-23-19-28(20-24-52)26-44-22-25-56-34-14-7-30(8-15-34)35-16-18-38(53)50-42(35)55;1-2/h3,7-15,17,27-29,35,44H,1,4-6,16,18-26H2,2H3,(H,45,54)(H,50,53,55)(H2,46,47,48,49,51);1-2H3. The van der Waals surface area contributed by atoms with E-state index in [1.54, 1.807) is 6.08 Å². The molecule has 5 N–H and O–H groups in total. The monoisotopic (exact) mass is 787 g/mol. The van der Waals surface area contributed by atoms with Gasteiger partial charge in [0.1, 0.15) is 29.6 Å². The van der Waals surface area contributed by atoms with Crippen LogP contribution in [0, 0.1) is 5.92 Å². The van der Waals surface area contributed by atoms with Crippen LogP contribution in [-0.2, 0) is 16.0 Å². The van der Waals surface area contributed by atoms with Gasteiger partial charge in [0.2, 0.25) is 17.8 Å². The Morgan fingerprint density at radius 3 is 2.45 bits per heavy atom. The van der Waals surface area contributed by atoms with Crippen LogP contribution in [0.3, 0.4) is 0 Å². The number of pyridine rings is 1. The van der Waals surface area contributed by atoms with E-state index in [1.807, 2.05) is 56.3 Å². The summed E-state index contributed by atoms with van der Waals surface area (Å²) in [5.74, 6) is 2.20. The molecule has 2 aromatic heterocycles. The lowest BCUT2D eigenvalue weighted by molar-refractivity contribution is -0.134. The smallest absolute Gasteiger partial charge is 0.256 e. The van der Waals surface area contributed by atoms with Gasteiger partial charge in [-0.2, -0.15) is 4.98 Å². The van der Waals surface area contributed by atoms with Gasteiger partial charge in [-0.05, 0) is 105 Å². The highest BCUT2D eigenvalue weighted by Gasteiger charge is 2.28. The zero-order chi connectivity index (χ0) is 40.9. The van der Waals surface area contributed by atoms with E-state index in [-0.39, 0.29) is 23.6 Å². The predicted octanol–water partition coefficient (Wildman–Crippen LogP) is 7.15. The van der Waals surface area contributed by atoms with Crippen LogP contribution in [0.1, 0.15) is 98.3 Å². The zero-order valence-electron chi connectivity index (χ0n) is 34.0. The van der Waals surface area contributed by atoms with Gasteiger partial charge in [-0.15, -0.1) is 6.58 Å². The topological polar surface area (TPSA) is 162 Å². The van der Waals surface area contributed by atoms with Crippen LogP contribution in [0.15, 0.2) is 79.5 Å². The molecule has 13 heteroatoms. The third-order valence-corrected chi connectivity index (χ3v) is 10.9. The Labute approximate surface area is 341 Å². The number of ether oxygens (including phenoxy) is 1. The van der Waals surface area contributed by atoms with Crippen molar-refractivity contribution in [3.05, 3.63) is 102 Å². The number of aryl methyl sites for hydroxylation is 1. The van der Waals surface area contributed by atoms with Crippen molar-refractivity contribution in [2.24, 2.45) is 5.92 Å². The molecule has 4 heterocycles. The van der Waals surface area contributed by atoms with E-state index in [2.05, 4.69) is 68.2 Å². The average molecular weight is 788 g/mol. The van der Waals surface area contributed by atoms with E-state index in [0.29, 0.717) is 61.0 Å². The SMILES string of the molecule is C=CCNC(=O)c1cnc(Nc2ccc(N3CCC(CNCCOc4ccc(C5CCC(=O)NC5=O)cc4)CC3)cc2)nc1Nc1ccc2c(n1)C(CC)CC2.CC. The first-order valence-electron chi connectivity index (χ1n) is 20.8. The van der Waals surface area contributed by atoms with Crippen molar-refractivity contribution in [1.29, 1.82) is 0 Å². The molecule has 2 saturated heterocycles. The number of rotatable bonds is 16. The van der Waals surface area contributed by atoms with Crippen molar-refractivity contribution in [3.63, 3.8) is 0 Å². The number of carbonyl (C=O) groups excluding carboxylic acids is 3. The third-order valence-electron chi connectivity index (χ3n) is 10.9. The molecule has 2 fully saturated rings. The Balaban J connectivity index is 0.00000279. The van der Waals surface area contributed by atoms with Crippen molar-refractivity contribution in [2.75, 3.05) is 54.9 Å². The number of piperidine rings is 2. The quantitative estimate of drug-likeness (QED) is 0.0446. The Kier molecular flexibility index (Phi) is 14.8. The van der Waals surface area contributed by atoms with Crippen LogP contribution in [0.4, 0.5) is 29.0 Å². The van der Waals surface area contributed by atoms with Crippen LogP contribution in [-0.4, -0.2) is 72.0 Å². The molecule has 4 aromatic rings. The highest BCUT2D eigenvalue weighted by atomic mass is 16.5. The molecule has 3 amide bonds. The summed E-state index contributed by atoms with van der Waals surface area (Å²) in [6, 6.07) is 19.9. The second-order valence-electron chi connectivity index (χ2n) is 14.7. The van der Waals surface area contributed by atoms with Crippen LogP contribution < -0.4 is 36.2 Å². The lowest BCUT2D eigenvalue weighted by atomic mass is 9.90. The molecule has 2 unspecified atom stereocenters. The molecule has 1 aliphatic carbocycles. The first-order chi connectivity index (χ1) is 28.4. The molecule has 0 saturated carbocycles. The molecular formula is C45H57N9O4. The summed E-state index contributed by atoms with van der Waals surface area (Å²) >= 11 is 0. The molecule has 306 valence electrons. The molecule has 0 spiro atoms. The first kappa shape index (κ1) is 41.8. The van der Waals surface area contributed by atoms with Crippen LogP contribution in [0.5, 0.6) is 5.75 Å². The summed E-state index contributed by atoms with van der Waals surface area (Å²) in [5.41, 5.74) is 5.65. The summed E-state index contributed by atoms with van der Waals surface area (Å²) in [6.07, 6.45) is 9.47. The molecule has 13 nitrogen and oxygen atoms in total. The maximum Gasteiger partial charge on any atom is 0.256 e. The zero-order valence-corrected chi connectivity index (χ0v) is 34.0. The van der Waals surface area contributed by atoms with Crippen molar-refractivity contribution >= 4 is 46.7 Å². The van der Waals surface area contributed by atoms with Gasteiger partial charge < -0.3 is 30.9 Å². The minimum absolute atomic E-state index is 0.204. The molecule has 2 aromatic carbocycles. The highest BCUT2D eigenvalue weighted by molar-refractivity contribution is 6.01. The lowest BCUT2D eigenvalue weighted by Crippen LogP contribution is -2.39. The van der Waals surface area contributed by atoms with E-state index in [0.717, 1.165) is 81.0 Å². The number of fused-ring (bicyclic) bond motifs is 1. The summed E-state index contributed by atoms with van der Waals surface area (Å²) in [5, 5.41) is 15.4. The van der Waals surface area contributed by atoms with Crippen molar-refractivity contribution in [3.8, 4) is 5.75 Å². The minimum Gasteiger partial charge on any atom is -0.492 e. The number of aromatic nitrogens is 3. The molecule has 2 aliphatic heterocycles. The van der Waals surface area contributed by atoms with E-state index < -0.39 is 0 Å². The Morgan fingerprint density at radius 1 is 0.948 bits per heavy atom. The second-order valence-corrected chi connectivity index (χ2v) is 14.7. The summed E-state index contributed by atoms with van der Waals surface area (Å²) in [4.78, 5) is 53.1. The molecule has 3 aliphatic rings. The fraction of sp³-hybridized carbons (Fsp3) is 0.422. The van der Waals surface area contributed by atoms with Crippen molar-refractivity contribution in [1.82, 2.24) is 30.9 Å². The van der Waals surface area contributed by atoms with Gasteiger partial charge in [-0.25, -0.2) is 9.97 Å². The number of amides is 3. The van der Waals surface area contributed by atoms with E-state index in [1.165, 1.54) is 17.4 Å². The normalized spacial score (nSPS) is 17.7. The van der Waals surface area contributed by atoms with E-state index >= 15 is 0 Å². The molecule has 0 radical (unpaired) electrons. The van der Waals surface area contributed by atoms with Crippen molar-refractivity contribution in [2.45, 2.75) is 77.6 Å². The number of carbonyl (C=O) groups is 3. The maximum atomic E-state index is 13.0. The molecule has 0 bridgehead atoms. The lowest BCUT2D eigenvalue weighted by Gasteiger charge is -2.33. The largest absolute Gasteiger partial charge is 0.492 e. The number of hydrogen-bond donors (Lipinski definition) is 5. The van der Waals surface area contributed by atoms with Gasteiger partial charge in [0.15, 0.2) is 0 Å². The third kappa shape index (κ3) is 10.8. The molecule has 2 atom stereocenters. The van der Waals surface area contributed by atoms with Crippen LogP contribution in [0.2, 0.25) is 0 Å². The highest BCUT2D eigenvalue weighted by Crippen LogP contribution is 2.35. The van der Waals surface area contributed by atoms with Crippen LogP contribution >= 0.6 is 0 Å². The first-order valence-corrected chi connectivity index (χ1v) is 20.8. The number of hydrogen-bond acceptors (Lipinski definition) is 11. The molecular weight excluding hydrogens is 731 g/mol. The van der Waals surface area contributed by atoms with E-state index in [9.17, 15) is 14.4 Å². The molecule has 58 heavy (non-hydrogen) atoms. The fourth-order valence-corrected chi connectivity index (χ4v) is 7.72. The van der Waals surface area contributed by atoms with Gasteiger partial charge in [0.05, 0.1) is 5.92 Å². The number of nitrogens with one attached hydrogen (secondary N) is 5. The van der Waals surface area contributed by atoms with Gasteiger partial charge in [0, 0.05) is 61.8 Å². The average Bonchev–Trinajstić information content (AvgIpc) is 3.67. The summed E-state index contributed by atoms with van der Waals surface area (Å²) in [7, 11) is 0. The number of anilines is 5. The van der Waals surface area contributed by atoms with Gasteiger partial charge in [0.25, 0.3) is 5.91 Å². The Bertz CT molecular complexity index is 2010. The number of imide groups is 1. The maximum absolute atomic E-state index is 13.0. The molecule has 7 rings (SSSR count). The second kappa shape index (κ2) is 20.6. The van der Waals surface area contributed by atoms with Gasteiger partial charge in [-0.1, -0.05) is 45.0 Å². The number of nitrogens with zero attached hydrogens (tertiary/aromatic N) is 4. The Hall–Kier alpha value is -5.82. The van der Waals surface area contributed by atoms with Crippen LogP contribution in [0.25, 0.3) is 0 Å². The van der Waals surface area contributed by atoms with E-state index in [4.69, 9.17) is 14.7 Å². The Morgan fingerprint density at radius 2 is 1.72 bits per heavy atom. The summed E-state index contributed by atoms with van der Waals surface area (Å²) < 4.78 is 5.92. The van der Waals surface area contributed by atoms with Gasteiger partial charge in [-0.3, -0.25) is 19.7 Å². The van der Waals surface area contributed by atoms with Crippen molar-refractivity contribution < 1.29 is 19.1 Å². The fourth-order valence-electron chi connectivity index (χ4n) is 7.72. The predicted molar refractivity (Wildman–Crippen MR) is 229 cm³/mol. The number of benzene rings is 2. The van der Waals surface area contributed by atoms with Gasteiger partial charge >= 0.3 is 0 Å². The minimum atomic E-state index is -0.294. The summed E-state index contributed by atoms with van der Waals surface area (Å²) in [6.45, 7) is 14.4.